The predicted molar refractivity (Wildman–Crippen MR) is 68.5 cm³/mol. The van der Waals surface area contributed by atoms with Crippen LogP contribution in [0.2, 0.25) is 0 Å². The van der Waals surface area contributed by atoms with Crippen LogP contribution in [0.1, 0.15) is 33.1 Å². The standard InChI is InChI=1S/C13H28N2O/c1-11(9-14)5-4-7-15-8-6-12(2)13(10-15)16-3/h11-13H,4-10,14H2,1-3H3. The van der Waals surface area contributed by atoms with Gasteiger partial charge in [-0.15, -0.1) is 0 Å². The first-order valence-electron chi connectivity index (χ1n) is 6.62. The van der Waals surface area contributed by atoms with Gasteiger partial charge in [0.05, 0.1) is 6.10 Å². The molecule has 0 aliphatic carbocycles. The smallest absolute Gasteiger partial charge is 0.0724 e. The first-order valence-corrected chi connectivity index (χ1v) is 6.62. The van der Waals surface area contributed by atoms with Crippen molar-refractivity contribution in [1.82, 2.24) is 4.90 Å². The lowest BCUT2D eigenvalue weighted by Crippen LogP contribution is -2.44. The Kier molecular flexibility index (Phi) is 6.32. The van der Waals surface area contributed by atoms with E-state index in [0.29, 0.717) is 17.9 Å². The monoisotopic (exact) mass is 228 g/mol. The van der Waals surface area contributed by atoms with Crippen LogP contribution in [0.15, 0.2) is 0 Å². The molecule has 0 spiro atoms. The van der Waals surface area contributed by atoms with E-state index in [9.17, 15) is 0 Å². The van der Waals surface area contributed by atoms with E-state index in [1.54, 1.807) is 0 Å². The van der Waals surface area contributed by atoms with Crippen molar-refractivity contribution in [2.24, 2.45) is 17.6 Å². The Bertz CT molecular complexity index is 187. The van der Waals surface area contributed by atoms with Crippen molar-refractivity contribution in [3.8, 4) is 0 Å². The molecule has 3 nitrogen and oxygen atoms in total. The van der Waals surface area contributed by atoms with Crippen molar-refractivity contribution in [2.75, 3.05) is 33.3 Å². The van der Waals surface area contributed by atoms with Gasteiger partial charge in [-0.3, -0.25) is 0 Å². The van der Waals surface area contributed by atoms with Crippen LogP contribution in [0, 0.1) is 11.8 Å². The summed E-state index contributed by atoms with van der Waals surface area (Å²) in [7, 11) is 1.83. The fourth-order valence-electron chi connectivity index (χ4n) is 2.39. The zero-order chi connectivity index (χ0) is 12.0. The Balaban J connectivity index is 2.18. The molecule has 1 rings (SSSR count). The lowest BCUT2D eigenvalue weighted by Gasteiger charge is -2.36. The highest BCUT2D eigenvalue weighted by atomic mass is 16.5. The normalized spacial score (nSPS) is 29.2. The second-order valence-corrected chi connectivity index (χ2v) is 5.32. The number of piperidine rings is 1. The molecule has 3 unspecified atom stereocenters. The van der Waals surface area contributed by atoms with Crippen molar-refractivity contribution in [1.29, 1.82) is 0 Å². The minimum atomic E-state index is 0.431. The summed E-state index contributed by atoms with van der Waals surface area (Å²) in [6.45, 7) is 8.89. The highest BCUT2D eigenvalue weighted by molar-refractivity contribution is 4.78. The second kappa shape index (κ2) is 7.25. The molecular formula is C13H28N2O. The van der Waals surface area contributed by atoms with Crippen molar-refractivity contribution < 1.29 is 4.74 Å². The van der Waals surface area contributed by atoms with Crippen molar-refractivity contribution in [3.63, 3.8) is 0 Å². The first kappa shape index (κ1) is 13.9. The summed E-state index contributed by atoms with van der Waals surface area (Å²) < 4.78 is 5.52. The summed E-state index contributed by atoms with van der Waals surface area (Å²) >= 11 is 0. The van der Waals surface area contributed by atoms with Gasteiger partial charge < -0.3 is 15.4 Å². The number of likely N-dealkylation sites (tertiary alicyclic amines) is 1. The highest BCUT2D eigenvalue weighted by Gasteiger charge is 2.25. The van der Waals surface area contributed by atoms with Crippen LogP contribution >= 0.6 is 0 Å². The molecule has 0 radical (unpaired) electrons. The van der Waals surface area contributed by atoms with Crippen LogP contribution in [0.25, 0.3) is 0 Å². The lowest BCUT2D eigenvalue weighted by molar-refractivity contribution is -0.00544. The van der Waals surface area contributed by atoms with E-state index in [1.165, 1.54) is 32.4 Å². The van der Waals surface area contributed by atoms with Gasteiger partial charge in [0, 0.05) is 13.7 Å². The quantitative estimate of drug-likeness (QED) is 0.752. The van der Waals surface area contributed by atoms with Crippen LogP contribution in [-0.4, -0.2) is 44.3 Å². The van der Waals surface area contributed by atoms with Gasteiger partial charge in [0.15, 0.2) is 0 Å². The van der Waals surface area contributed by atoms with E-state index in [-0.39, 0.29) is 0 Å². The van der Waals surface area contributed by atoms with Crippen molar-refractivity contribution in [3.05, 3.63) is 0 Å². The fourth-order valence-corrected chi connectivity index (χ4v) is 2.39. The Hall–Kier alpha value is -0.120. The highest BCUT2D eigenvalue weighted by Crippen LogP contribution is 2.19. The molecule has 0 aromatic heterocycles. The van der Waals surface area contributed by atoms with E-state index in [2.05, 4.69) is 18.7 Å². The first-order chi connectivity index (χ1) is 7.67. The van der Waals surface area contributed by atoms with Crippen LogP contribution in [0.3, 0.4) is 0 Å². The zero-order valence-corrected chi connectivity index (χ0v) is 11.1. The number of methoxy groups -OCH3 is 1. The molecule has 96 valence electrons. The van der Waals surface area contributed by atoms with E-state index in [4.69, 9.17) is 10.5 Å². The molecular weight excluding hydrogens is 200 g/mol. The van der Waals surface area contributed by atoms with Crippen LogP contribution in [-0.2, 0) is 4.74 Å². The van der Waals surface area contributed by atoms with Gasteiger partial charge in [0.2, 0.25) is 0 Å². The molecule has 1 saturated heterocycles. The van der Waals surface area contributed by atoms with Gasteiger partial charge in [-0.1, -0.05) is 13.8 Å². The third kappa shape index (κ3) is 4.40. The SMILES string of the molecule is COC1CN(CCCC(C)CN)CCC1C. The number of nitrogens with two attached hydrogens (primary N) is 1. The number of hydrogen-bond acceptors (Lipinski definition) is 3. The van der Waals surface area contributed by atoms with Crippen molar-refractivity contribution >= 4 is 0 Å². The molecule has 1 fully saturated rings. The summed E-state index contributed by atoms with van der Waals surface area (Å²) in [5, 5.41) is 0. The van der Waals surface area contributed by atoms with Crippen molar-refractivity contribution in [2.45, 2.75) is 39.2 Å². The molecule has 0 aromatic rings. The van der Waals surface area contributed by atoms with Gasteiger partial charge in [-0.2, -0.15) is 0 Å². The third-order valence-corrected chi connectivity index (χ3v) is 3.85. The Labute approximate surface area is 100 Å². The summed E-state index contributed by atoms with van der Waals surface area (Å²) in [5.74, 6) is 1.38. The number of hydrogen-bond donors (Lipinski definition) is 1. The molecule has 16 heavy (non-hydrogen) atoms. The number of rotatable bonds is 6. The van der Waals surface area contributed by atoms with E-state index < -0.39 is 0 Å². The molecule has 0 amide bonds. The fraction of sp³-hybridized carbons (Fsp3) is 1.00. The summed E-state index contributed by atoms with van der Waals surface area (Å²) in [6.07, 6.45) is 4.22. The predicted octanol–water partition coefficient (Wildman–Crippen LogP) is 1.72. The maximum Gasteiger partial charge on any atom is 0.0724 e. The molecule has 1 aliphatic heterocycles. The molecule has 0 bridgehead atoms. The van der Waals surface area contributed by atoms with Gasteiger partial charge in [0.25, 0.3) is 0 Å². The summed E-state index contributed by atoms with van der Waals surface area (Å²) in [6, 6.07) is 0. The lowest BCUT2D eigenvalue weighted by atomic mass is 9.95. The van der Waals surface area contributed by atoms with Gasteiger partial charge in [0.1, 0.15) is 0 Å². The van der Waals surface area contributed by atoms with Crippen LogP contribution < -0.4 is 5.73 Å². The molecule has 3 heteroatoms. The number of nitrogens with zero attached hydrogens (tertiary/aromatic N) is 1. The number of ether oxygens (including phenoxy) is 1. The molecule has 3 atom stereocenters. The third-order valence-electron chi connectivity index (χ3n) is 3.85. The maximum atomic E-state index is 5.62. The Morgan fingerprint density at radius 1 is 1.50 bits per heavy atom. The van der Waals surface area contributed by atoms with Crippen LogP contribution in [0.5, 0.6) is 0 Å². The van der Waals surface area contributed by atoms with E-state index >= 15 is 0 Å². The van der Waals surface area contributed by atoms with Gasteiger partial charge in [-0.25, -0.2) is 0 Å². The molecule has 1 heterocycles. The summed E-state index contributed by atoms with van der Waals surface area (Å²) in [4.78, 5) is 2.54. The zero-order valence-electron chi connectivity index (χ0n) is 11.1. The minimum Gasteiger partial charge on any atom is -0.380 e. The second-order valence-electron chi connectivity index (χ2n) is 5.32. The largest absolute Gasteiger partial charge is 0.380 e. The Morgan fingerprint density at radius 2 is 2.25 bits per heavy atom. The molecule has 1 aliphatic rings. The molecule has 2 N–H and O–H groups in total. The van der Waals surface area contributed by atoms with E-state index in [1.807, 2.05) is 7.11 Å². The average Bonchev–Trinajstić information content (AvgIpc) is 2.31. The van der Waals surface area contributed by atoms with E-state index in [0.717, 1.165) is 13.1 Å². The summed E-state index contributed by atoms with van der Waals surface area (Å²) in [5.41, 5.74) is 5.62. The van der Waals surface area contributed by atoms with Gasteiger partial charge in [-0.05, 0) is 50.7 Å². The minimum absolute atomic E-state index is 0.431. The van der Waals surface area contributed by atoms with Crippen LogP contribution in [0.4, 0.5) is 0 Å². The van der Waals surface area contributed by atoms with Gasteiger partial charge >= 0.3 is 0 Å². The topological polar surface area (TPSA) is 38.5 Å². The Morgan fingerprint density at radius 3 is 2.88 bits per heavy atom. The molecule has 0 aromatic carbocycles. The molecule has 0 saturated carbocycles. The maximum absolute atomic E-state index is 5.62. The average molecular weight is 228 g/mol.